The average molecular weight is 287 g/mol. The Balaban J connectivity index is 1.75. The van der Waals surface area contributed by atoms with E-state index in [0.717, 1.165) is 6.42 Å². The van der Waals surface area contributed by atoms with E-state index < -0.39 is 30.0 Å². The summed E-state index contributed by atoms with van der Waals surface area (Å²) in [5, 5.41) is 12.1. The molecule has 2 bridgehead atoms. The number of aliphatic carboxylic acids is 1. The molecule has 2 aliphatic heterocycles. The summed E-state index contributed by atoms with van der Waals surface area (Å²) in [7, 11) is 0. The number of rotatable bonds is 4. The summed E-state index contributed by atoms with van der Waals surface area (Å²) in [6, 6.07) is 7.55. The van der Waals surface area contributed by atoms with E-state index in [-0.39, 0.29) is 5.91 Å². The first-order valence-corrected chi connectivity index (χ1v) is 7.06. The fourth-order valence-electron chi connectivity index (χ4n) is 2.96. The fourth-order valence-corrected chi connectivity index (χ4v) is 2.96. The van der Waals surface area contributed by atoms with Crippen LogP contribution < -0.4 is 5.32 Å². The monoisotopic (exact) mass is 287 g/mol. The van der Waals surface area contributed by atoms with Crippen LogP contribution in [0.1, 0.15) is 12.5 Å². The predicted molar refractivity (Wildman–Crippen MR) is 76.9 cm³/mol. The van der Waals surface area contributed by atoms with Crippen LogP contribution in [0.3, 0.4) is 0 Å². The maximum Gasteiger partial charge on any atom is 0.310 e. The van der Waals surface area contributed by atoms with Crippen LogP contribution in [0.25, 0.3) is 0 Å². The number of hydrogen-bond acceptors (Lipinski definition) is 3. The third-order valence-corrected chi connectivity index (χ3v) is 4.12. The van der Waals surface area contributed by atoms with E-state index in [1.807, 2.05) is 24.3 Å². The summed E-state index contributed by atoms with van der Waals surface area (Å²) in [4.78, 5) is 23.7. The van der Waals surface area contributed by atoms with Gasteiger partial charge in [-0.3, -0.25) is 9.59 Å². The molecule has 5 nitrogen and oxygen atoms in total. The van der Waals surface area contributed by atoms with Crippen molar-refractivity contribution in [1.82, 2.24) is 0 Å². The van der Waals surface area contributed by atoms with Crippen LogP contribution in [0.5, 0.6) is 0 Å². The van der Waals surface area contributed by atoms with Crippen LogP contribution in [0.4, 0.5) is 5.69 Å². The molecule has 0 aromatic heterocycles. The van der Waals surface area contributed by atoms with Crippen molar-refractivity contribution in [2.24, 2.45) is 11.8 Å². The Hall–Kier alpha value is -2.14. The van der Waals surface area contributed by atoms with Gasteiger partial charge in [0.05, 0.1) is 18.1 Å². The normalized spacial score (nSPS) is 29.6. The zero-order valence-corrected chi connectivity index (χ0v) is 11.7. The molecule has 3 rings (SSSR count). The molecule has 2 heterocycles. The smallest absolute Gasteiger partial charge is 0.310 e. The van der Waals surface area contributed by atoms with Gasteiger partial charge in [-0.2, -0.15) is 0 Å². The minimum absolute atomic E-state index is 0.302. The van der Waals surface area contributed by atoms with Crippen molar-refractivity contribution in [2.45, 2.75) is 25.6 Å². The number of carboxylic acids is 1. The summed E-state index contributed by atoms with van der Waals surface area (Å²) in [5.41, 5.74) is 1.86. The summed E-state index contributed by atoms with van der Waals surface area (Å²) in [6.07, 6.45) is 3.50. The first-order valence-electron chi connectivity index (χ1n) is 7.06. The van der Waals surface area contributed by atoms with Gasteiger partial charge in [0.25, 0.3) is 0 Å². The zero-order valence-electron chi connectivity index (χ0n) is 11.7. The largest absolute Gasteiger partial charge is 0.481 e. The van der Waals surface area contributed by atoms with Crippen molar-refractivity contribution >= 4 is 17.6 Å². The molecule has 0 unspecified atom stereocenters. The van der Waals surface area contributed by atoms with E-state index in [9.17, 15) is 14.7 Å². The van der Waals surface area contributed by atoms with E-state index in [4.69, 9.17) is 4.74 Å². The zero-order chi connectivity index (χ0) is 15.0. The first-order chi connectivity index (χ1) is 10.1. The quantitative estimate of drug-likeness (QED) is 0.829. The Bertz CT molecular complexity index is 593. The van der Waals surface area contributed by atoms with Crippen LogP contribution in [-0.2, 0) is 20.7 Å². The van der Waals surface area contributed by atoms with E-state index in [1.54, 1.807) is 12.2 Å². The molecule has 0 spiro atoms. The highest BCUT2D eigenvalue weighted by molar-refractivity contribution is 5.96. The van der Waals surface area contributed by atoms with Crippen molar-refractivity contribution < 1.29 is 19.4 Å². The molecule has 1 aromatic carbocycles. The second-order valence-corrected chi connectivity index (χ2v) is 5.38. The van der Waals surface area contributed by atoms with Crippen LogP contribution in [0.15, 0.2) is 36.4 Å². The standard InChI is InChI=1S/C16H17NO4/c1-2-9-3-5-10(6-4-9)17-15(18)13-11-7-8-12(21-11)14(13)16(19)20/h3-8,11-14H,2H2,1H3,(H,17,18)(H,19,20)/t11-,12-,13-,14-/m0/s1. The van der Waals surface area contributed by atoms with Gasteiger partial charge in [-0.05, 0) is 24.1 Å². The molecule has 1 amide bonds. The van der Waals surface area contributed by atoms with Gasteiger partial charge in [0, 0.05) is 5.69 Å². The molecule has 1 saturated heterocycles. The molecule has 110 valence electrons. The van der Waals surface area contributed by atoms with Gasteiger partial charge < -0.3 is 15.2 Å². The molecule has 2 N–H and O–H groups in total. The van der Waals surface area contributed by atoms with Crippen molar-refractivity contribution in [3.8, 4) is 0 Å². The number of aryl methyl sites for hydroxylation is 1. The lowest BCUT2D eigenvalue weighted by molar-refractivity contribution is -0.145. The van der Waals surface area contributed by atoms with Crippen molar-refractivity contribution in [1.29, 1.82) is 0 Å². The molecular weight excluding hydrogens is 270 g/mol. The number of anilines is 1. The summed E-state index contributed by atoms with van der Waals surface area (Å²) in [6.45, 7) is 2.06. The molecule has 0 saturated carbocycles. The molecule has 1 aromatic rings. The molecule has 5 heteroatoms. The topological polar surface area (TPSA) is 75.6 Å². The summed E-state index contributed by atoms with van der Waals surface area (Å²) < 4.78 is 5.50. The van der Waals surface area contributed by atoms with Gasteiger partial charge in [0.2, 0.25) is 5.91 Å². The third-order valence-electron chi connectivity index (χ3n) is 4.12. The number of ether oxygens (including phenoxy) is 1. The second kappa shape index (κ2) is 5.33. The van der Waals surface area contributed by atoms with Gasteiger partial charge in [0.1, 0.15) is 5.92 Å². The molecular formula is C16H17NO4. The van der Waals surface area contributed by atoms with Crippen molar-refractivity contribution in [3.63, 3.8) is 0 Å². The average Bonchev–Trinajstić information content (AvgIpc) is 3.08. The minimum Gasteiger partial charge on any atom is -0.481 e. The predicted octanol–water partition coefficient (Wildman–Crippen LogP) is 1.84. The number of nitrogens with one attached hydrogen (secondary N) is 1. The first kappa shape index (κ1) is 13.8. The van der Waals surface area contributed by atoms with E-state index in [2.05, 4.69) is 12.2 Å². The van der Waals surface area contributed by atoms with Gasteiger partial charge in [-0.1, -0.05) is 31.2 Å². The molecule has 0 radical (unpaired) electrons. The van der Waals surface area contributed by atoms with Gasteiger partial charge in [-0.15, -0.1) is 0 Å². The van der Waals surface area contributed by atoms with Crippen LogP contribution >= 0.6 is 0 Å². The second-order valence-electron chi connectivity index (χ2n) is 5.38. The minimum atomic E-state index is -0.992. The number of benzene rings is 1. The maximum absolute atomic E-state index is 12.4. The lowest BCUT2D eigenvalue weighted by atomic mass is 9.82. The number of carbonyl (C=O) groups is 2. The Labute approximate surface area is 122 Å². The van der Waals surface area contributed by atoms with E-state index in [0.29, 0.717) is 5.69 Å². The Kier molecular flexibility index (Phi) is 3.51. The van der Waals surface area contributed by atoms with E-state index >= 15 is 0 Å². The Morgan fingerprint density at radius 3 is 2.33 bits per heavy atom. The number of hydrogen-bond donors (Lipinski definition) is 2. The highest BCUT2D eigenvalue weighted by atomic mass is 16.5. The highest BCUT2D eigenvalue weighted by Crippen LogP contribution is 2.39. The van der Waals surface area contributed by atoms with Gasteiger partial charge >= 0.3 is 5.97 Å². The molecule has 1 fully saturated rings. The third kappa shape index (κ3) is 2.45. The maximum atomic E-state index is 12.4. The lowest BCUT2D eigenvalue weighted by Gasteiger charge is -2.21. The number of fused-ring (bicyclic) bond motifs is 2. The van der Waals surface area contributed by atoms with Crippen LogP contribution in [-0.4, -0.2) is 29.2 Å². The SMILES string of the molecule is CCc1ccc(NC(=O)[C@@H]2[C@@H](C(=O)O)[C@@H]3C=C[C@@H]2O3)cc1. The van der Waals surface area contributed by atoms with Gasteiger partial charge in [0.15, 0.2) is 0 Å². The summed E-state index contributed by atoms with van der Waals surface area (Å²) >= 11 is 0. The van der Waals surface area contributed by atoms with Crippen LogP contribution in [0.2, 0.25) is 0 Å². The van der Waals surface area contributed by atoms with E-state index in [1.165, 1.54) is 5.56 Å². The number of amides is 1. The highest BCUT2D eigenvalue weighted by Gasteiger charge is 2.53. The summed E-state index contributed by atoms with van der Waals surface area (Å²) in [5.74, 6) is -2.78. The molecule has 2 aliphatic rings. The van der Waals surface area contributed by atoms with Gasteiger partial charge in [-0.25, -0.2) is 0 Å². The Morgan fingerprint density at radius 2 is 1.76 bits per heavy atom. The number of carboxylic acid groups (broad SMARTS) is 1. The Morgan fingerprint density at radius 1 is 1.14 bits per heavy atom. The number of carbonyl (C=O) groups excluding carboxylic acids is 1. The molecule has 21 heavy (non-hydrogen) atoms. The molecule has 0 aliphatic carbocycles. The van der Waals surface area contributed by atoms with Crippen LogP contribution in [0, 0.1) is 11.8 Å². The molecule has 4 atom stereocenters. The fraction of sp³-hybridized carbons (Fsp3) is 0.375. The lowest BCUT2D eigenvalue weighted by Crippen LogP contribution is -2.39. The van der Waals surface area contributed by atoms with Crippen molar-refractivity contribution in [2.75, 3.05) is 5.32 Å². The van der Waals surface area contributed by atoms with Crippen molar-refractivity contribution in [3.05, 3.63) is 42.0 Å².